The molecule has 0 spiro atoms. The quantitative estimate of drug-likeness (QED) is 0.355. The number of fused-ring (bicyclic) bond motifs is 2. The summed E-state index contributed by atoms with van der Waals surface area (Å²) >= 11 is 0. The van der Waals surface area contributed by atoms with Gasteiger partial charge in [0.2, 0.25) is 0 Å². The van der Waals surface area contributed by atoms with E-state index in [2.05, 4.69) is 49.5 Å². The smallest absolute Gasteiger partial charge is 0.317 e. The van der Waals surface area contributed by atoms with E-state index < -0.39 is 0 Å². The number of nitrogens with zero attached hydrogens (tertiary/aromatic N) is 4. The first-order chi connectivity index (χ1) is 18.0. The molecule has 5 aromatic rings. The lowest BCUT2D eigenvalue weighted by atomic mass is 10.0. The Bertz CT molecular complexity index is 1670. The molecule has 3 aromatic heterocycles. The van der Waals surface area contributed by atoms with Crippen molar-refractivity contribution in [3.8, 4) is 22.4 Å². The lowest BCUT2D eigenvalue weighted by molar-refractivity contribution is 0.136. The molecule has 9 heteroatoms. The number of amides is 2. The number of nitrogens with one attached hydrogen (secondary N) is 3. The Kier molecular flexibility index (Phi) is 5.77. The molecule has 4 heterocycles. The Balaban J connectivity index is 1.26. The van der Waals surface area contributed by atoms with Crippen LogP contribution in [0.4, 0.5) is 4.79 Å². The second-order valence-corrected chi connectivity index (χ2v) is 9.64. The number of pyridine rings is 1. The fourth-order valence-corrected chi connectivity index (χ4v) is 5.11. The van der Waals surface area contributed by atoms with Crippen molar-refractivity contribution in [2.45, 2.75) is 6.54 Å². The molecule has 6 rings (SSSR count). The predicted molar refractivity (Wildman–Crippen MR) is 145 cm³/mol. The lowest BCUT2D eigenvalue weighted by Gasteiger charge is -2.34. The molecular formula is C28H29N7O2. The number of H-pyrrole nitrogens is 2. The number of rotatable bonds is 4. The number of benzene rings is 2. The standard InChI is InChI=1S/C28H29N7O2/c1-29-28(37)35-9-7-34(8-10-35)16-18-3-5-24-20(11-18)14-26(31-24)23-13-21-12-19(22-15-30-33(2)17-22)4-6-25(21)32-27(23)36/h3-6,11-15,17,31H,7-10,16H2,1-2H3,(H,29,37)(H,32,36). The Labute approximate surface area is 213 Å². The van der Waals surface area contributed by atoms with Crippen LogP contribution in [0.25, 0.3) is 44.2 Å². The highest BCUT2D eigenvalue weighted by atomic mass is 16.2. The molecular weight excluding hydrogens is 466 g/mol. The van der Waals surface area contributed by atoms with Gasteiger partial charge in [-0.3, -0.25) is 14.4 Å². The number of aromatic nitrogens is 4. The summed E-state index contributed by atoms with van der Waals surface area (Å²) in [6.07, 6.45) is 3.82. The maximum atomic E-state index is 13.0. The van der Waals surface area contributed by atoms with Gasteiger partial charge in [0, 0.05) is 75.0 Å². The highest BCUT2D eigenvalue weighted by Gasteiger charge is 2.20. The van der Waals surface area contributed by atoms with Crippen LogP contribution in [0.15, 0.2) is 65.7 Å². The minimum absolute atomic E-state index is 0.0158. The maximum Gasteiger partial charge on any atom is 0.317 e. The number of piperazine rings is 1. The first-order valence-electron chi connectivity index (χ1n) is 12.4. The van der Waals surface area contributed by atoms with Crippen LogP contribution in [0.3, 0.4) is 0 Å². The van der Waals surface area contributed by atoms with Gasteiger partial charge in [0.05, 0.1) is 17.5 Å². The lowest BCUT2D eigenvalue weighted by Crippen LogP contribution is -2.50. The SMILES string of the molecule is CNC(=O)N1CCN(Cc2ccc3[nH]c(-c4cc5cc(-c6cnn(C)c6)ccc5[nH]c4=O)cc3c2)CC1. The number of carbonyl (C=O) groups excluding carboxylic acids is 1. The number of hydrogen-bond acceptors (Lipinski definition) is 4. The van der Waals surface area contributed by atoms with Gasteiger partial charge in [-0.05, 0) is 52.9 Å². The molecule has 37 heavy (non-hydrogen) atoms. The third-order valence-electron chi connectivity index (χ3n) is 7.14. The zero-order valence-electron chi connectivity index (χ0n) is 20.9. The molecule has 9 nitrogen and oxygen atoms in total. The summed E-state index contributed by atoms with van der Waals surface area (Å²) in [5.74, 6) is 0. The molecule has 188 valence electrons. The van der Waals surface area contributed by atoms with Crippen molar-refractivity contribution < 1.29 is 4.79 Å². The molecule has 0 bridgehead atoms. The highest BCUT2D eigenvalue weighted by Crippen LogP contribution is 2.27. The van der Waals surface area contributed by atoms with Gasteiger partial charge in [-0.1, -0.05) is 12.1 Å². The number of aryl methyl sites for hydroxylation is 1. The van der Waals surface area contributed by atoms with Crippen molar-refractivity contribution in [3.05, 3.63) is 76.8 Å². The van der Waals surface area contributed by atoms with Crippen LogP contribution in [0.2, 0.25) is 0 Å². The normalized spacial score (nSPS) is 14.5. The first-order valence-corrected chi connectivity index (χ1v) is 12.4. The molecule has 2 aromatic carbocycles. The molecule has 0 unspecified atom stereocenters. The third kappa shape index (κ3) is 4.49. The number of aromatic amines is 2. The topological polar surface area (TPSA) is 102 Å². The zero-order valence-corrected chi connectivity index (χ0v) is 20.9. The van der Waals surface area contributed by atoms with E-state index in [0.717, 1.165) is 71.4 Å². The molecule has 0 saturated carbocycles. The van der Waals surface area contributed by atoms with Crippen molar-refractivity contribution in [1.82, 2.24) is 34.9 Å². The van der Waals surface area contributed by atoms with Gasteiger partial charge in [-0.15, -0.1) is 0 Å². The third-order valence-corrected chi connectivity index (χ3v) is 7.14. The molecule has 0 radical (unpaired) electrons. The molecule has 3 N–H and O–H groups in total. The van der Waals surface area contributed by atoms with Gasteiger partial charge in [0.25, 0.3) is 5.56 Å². The summed E-state index contributed by atoms with van der Waals surface area (Å²) in [7, 11) is 3.56. The molecule has 0 atom stereocenters. The van der Waals surface area contributed by atoms with Crippen molar-refractivity contribution in [2.75, 3.05) is 33.2 Å². The van der Waals surface area contributed by atoms with Crippen LogP contribution in [0, 0.1) is 0 Å². The van der Waals surface area contributed by atoms with Gasteiger partial charge in [0.1, 0.15) is 0 Å². The minimum atomic E-state index is -0.123. The Morgan fingerprint density at radius 2 is 1.70 bits per heavy atom. The molecule has 2 amide bonds. The number of urea groups is 1. The van der Waals surface area contributed by atoms with Crippen molar-refractivity contribution in [2.24, 2.45) is 7.05 Å². The van der Waals surface area contributed by atoms with Gasteiger partial charge >= 0.3 is 6.03 Å². The van der Waals surface area contributed by atoms with E-state index in [-0.39, 0.29) is 11.6 Å². The van der Waals surface area contributed by atoms with Gasteiger partial charge in [-0.2, -0.15) is 5.10 Å². The summed E-state index contributed by atoms with van der Waals surface area (Å²) in [5, 5.41) is 9.00. The average molecular weight is 496 g/mol. The van der Waals surface area contributed by atoms with Crippen molar-refractivity contribution in [1.29, 1.82) is 0 Å². The molecule has 1 aliphatic heterocycles. The first kappa shape index (κ1) is 23.1. The minimum Gasteiger partial charge on any atom is -0.354 e. The second-order valence-electron chi connectivity index (χ2n) is 9.64. The fraction of sp³-hybridized carbons (Fsp3) is 0.250. The van der Waals surface area contributed by atoms with Gasteiger partial charge in [0.15, 0.2) is 0 Å². The zero-order chi connectivity index (χ0) is 25.5. The van der Waals surface area contributed by atoms with E-state index in [4.69, 9.17) is 0 Å². The second kappa shape index (κ2) is 9.25. The largest absolute Gasteiger partial charge is 0.354 e. The molecule has 0 aliphatic carbocycles. The van der Waals surface area contributed by atoms with E-state index in [1.807, 2.05) is 48.6 Å². The van der Waals surface area contributed by atoms with Crippen LogP contribution in [0.5, 0.6) is 0 Å². The van der Waals surface area contributed by atoms with E-state index in [1.54, 1.807) is 11.7 Å². The van der Waals surface area contributed by atoms with Gasteiger partial charge in [-0.25, -0.2) is 4.79 Å². The van der Waals surface area contributed by atoms with Gasteiger partial charge < -0.3 is 20.2 Å². The maximum absolute atomic E-state index is 13.0. The van der Waals surface area contributed by atoms with Crippen LogP contribution in [0.1, 0.15) is 5.56 Å². The predicted octanol–water partition coefficient (Wildman–Crippen LogP) is 3.53. The summed E-state index contributed by atoms with van der Waals surface area (Å²) in [4.78, 5) is 35.5. The summed E-state index contributed by atoms with van der Waals surface area (Å²) in [6.45, 7) is 3.97. The van der Waals surface area contributed by atoms with Crippen molar-refractivity contribution >= 4 is 27.8 Å². The molecule has 1 aliphatic rings. The Morgan fingerprint density at radius 1 is 0.946 bits per heavy atom. The summed E-state index contributed by atoms with van der Waals surface area (Å²) in [6, 6.07) is 16.4. The van der Waals surface area contributed by atoms with Crippen molar-refractivity contribution in [3.63, 3.8) is 0 Å². The number of carbonyl (C=O) groups is 1. The average Bonchev–Trinajstić information content (AvgIpc) is 3.54. The highest BCUT2D eigenvalue weighted by molar-refractivity contribution is 5.90. The Morgan fingerprint density at radius 3 is 2.46 bits per heavy atom. The molecule has 1 fully saturated rings. The number of hydrogen-bond donors (Lipinski definition) is 3. The van der Waals surface area contributed by atoms with E-state index >= 15 is 0 Å². The van der Waals surface area contributed by atoms with E-state index in [9.17, 15) is 9.59 Å². The fourth-order valence-electron chi connectivity index (χ4n) is 5.11. The van der Waals surface area contributed by atoms with E-state index in [1.165, 1.54) is 5.56 Å². The van der Waals surface area contributed by atoms with Crippen LogP contribution in [-0.4, -0.2) is 68.8 Å². The summed E-state index contributed by atoms with van der Waals surface area (Å²) in [5.41, 5.74) is 6.37. The van der Waals surface area contributed by atoms with Crippen LogP contribution < -0.4 is 10.9 Å². The van der Waals surface area contributed by atoms with Crippen LogP contribution in [-0.2, 0) is 13.6 Å². The van der Waals surface area contributed by atoms with E-state index in [0.29, 0.717) is 5.56 Å². The van der Waals surface area contributed by atoms with Crippen LogP contribution >= 0.6 is 0 Å². The monoisotopic (exact) mass is 495 g/mol. The summed E-state index contributed by atoms with van der Waals surface area (Å²) < 4.78 is 1.78. The Hall–Kier alpha value is -4.37. The molecule has 1 saturated heterocycles.